The smallest absolute Gasteiger partial charge is 0.465 e. The van der Waals surface area contributed by atoms with Gasteiger partial charge in [0.15, 0.2) is 0 Å². The van der Waals surface area contributed by atoms with Crippen molar-refractivity contribution in [1.29, 1.82) is 0 Å². The summed E-state index contributed by atoms with van der Waals surface area (Å²) in [6.45, 7) is 3.67. The molecule has 210 valence electrons. The van der Waals surface area contributed by atoms with Crippen molar-refractivity contribution in [2.24, 2.45) is 17.6 Å². The molecule has 1 aliphatic heterocycles. The number of nitrogens with zero attached hydrogens (tertiary/aromatic N) is 1. The van der Waals surface area contributed by atoms with Crippen molar-refractivity contribution in [2.45, 2.75) is 115 Å². The van der Waals surface area contributed by atoms with Crippen molar-refractivity contribution >= 4 is 17.9 Å². The minimum absolute atomic E-state index is 0.0258. The number of hydrogen-bond acceptors (Lipinski definition) is 8. The zero-order valence-electron chi connectivity index (χ0n) is 22.9. The van der Waals surface area contributed by atoms with E-state index in [0.29, 0.717) is 18.8 Å². The number of likely N-dealkylation sites (tertiary alicyclic amines) is 1. The number of fused-ring (bicyclic) bond motifs is 1. The first-order chi connectivity index (χ1) is 18.4. The molecule has 0 radical (unpaired) electrons. The van der Waals surface area contributed by atoms with Crippen LogP contribution in [-0.4, -0.2) is 53.3 Å². The molecule has 1 saturated heterocycles. The van der Waals surface area contributed by atoms with Crippen LogP contribution in [-0.2, 0) is 30.4 Å². The van der Waals surface area contributed by atoms with Gasteiger partial charge in [0.25, 0.3) is 0 Å². The number of carbonyl (C=O) groups excluding carboxylic acids is 3. The summed E-state index contributed by atoms with van der Waals surface area (Å²) in [4.78, 5) is 42.5. The molecule has 0 amide bonds. The normalized spacial score (nSPS) is 27.3. The number of esters is 1. The fraction of sp³-hybridized carbons (Fsp3) is 0.700. The van der Waals surface area contributed by atoms with E-state index < -0.39 is 29.7 Å². The van der Waals surface area contributed by atoms with Crippen LogP contribution in [0.1, 0.15) is 90.0 Å². The van der Waals surface area contributed by atoms with Crippen LogP contribution in [0.5, 0.6) is 0 Å². The van der Waals surface area contributed by atoms with Crippen molar-refractivity contribution in [2.75, 3.05) is 6.61 Å². The Morgan fingerprint density at radius 3 is 2.39 bits per heavy atom. The lowest BCUT2D eigenvalue weighted by Crippen LogP contribution is -2.64. The van der Waals surface area contributed by atoms with Crippen molar-refractivity contribution in [3.8, 4) is 0 Å². The Hall–Kier alpha value is -2.45. The molecular weight excluding hydrogens is 484 g/mol. The average molecular weight is 529 g/mol. The zero-order valence-corrected chi connectivity index (χ0v) is 22.9. The molecule has 38 heavy (non-hydrogen) atoms. The van der Waals surface area contributed by atoms with Crippen LogP contribution < -0.4 is 5.73 Å². The van der Waals surface area contributed by atoms with Gasteiger partial charge in [-0.2, -0.15) is 0 Å². The number of Topliss-reactive ketones (excluding diaryl/α,β-unsaturated/α-hetero) is 1. The van der Waals surface area contributed by atoms with E-state index in [0.717, 1.165) is 50.5 Å². The fourth-order valence-corrected chi connectivity index (χ4v) is 6.92. The van der Waals surface area contributed by atoms with Crippen molar-refractivity contribution in [3.05, 3.63) is 35.9 Å². The van der Waals surface area contributed by atoms with Crippen LogP contribution in [0.4, 0.5) is 4.79 Å². The third-order valence-corrected chi connectivity index (χ3v) is 8.65. The molecule has 3 fully saturated rings. The summed E-state index contributed by atoms with van der Waals surface area (Å²) in [5, 5.41) is 0. The molecule has 1 aromatic rings. The van der Waals surface area contributed by atoms with E-state index in [1.807, 2.05) is 35.2 Å². The zero-order chi connectivity index (χ0) is 27.1. The van der Waals surface area contributed by atoms with Crippen molar-refractivity contribution in [1.82, 2.24) is 4.90 Å². The number of benzene rings is 1. The lowest BCUT2D eigenvalue weighted by atomic mass is 9.83. The first-order valence-electron chi connectivity index (χ1n) is 14.5. The molecule has 5 atom stereocenters. The summed E-state index contributed by atoms with van der Waals surface area (Å²) in [7, 11) is 0. The van der Waals surface area contributed by atoms with E-state index in [4.69, 9.17) is 19.9 Å². The van der Waals surface area contributed by atoms with E-state index in [2.05, 4.69) is 0 Å². The van der Waals surface area contributed by atoms with Gasteiger partial charge in [-0.1, -0.05) is 68.9 Å². The Morgan fingerprint density at radius 1 is 1.03 bits per heavy atom. The Bertz CT molecular complexity index is 947. The topological polar surface area (TPSA) is 108 Å². The van der Waals surface area contributed by atoms with Gasteiger partial charge in [-0.05, 0) is 56.9 Å². The summed E-state index contributed by atoms with van der Waals surface area (Å²) in [6.07, 6.45) is 9.36. The summed E-state index contributed by atoms with van der Waals surface area (Å²) in [5.74, 6) is -0.0673. The van der Waals surface area contributed by atoms with Gasteiger partial charge in [-0.25, -0.2) is 9.69 Å². The summed E-state index contributed by atoms with van der Waals surface area (Å²) >= 11 is 0. The quantitative estimate of drug-likeness (QED) is 0.394. The maximum absolute atomic E-state index is 13.9. The largest absolute Gasteiger partial charge is 0.510 e. The van der Waals surface area contributed by atoms with Gasteiger partial charge in [-0.3, -0.25) is 9.59 Å². The lowest BCUT2D eigenvalue weighted by molar-refractivity contribution is -0.181. The number of rotatable bonds is 11. The molecule has 2 saturated carbocycles. The van der Waals surface area contributed by atoms with E-state index in [-0.39, 0.29) is 31.1 Å². The second-order valence-corrected chi connectivity index (χ2v) is 11.3. The SMILES string of the molecule is CCOC(=O)[C@H](CCC1CCCC1)N1[C@H]2CCCC[C@H]2C[C@]1(OC(=O)OCc1ccccc1)C(=O)C(C)N. The molecule has 0 spiro atoms. The first-order valence-corrected chi connectivity index (χ1v) is 14.5. The maximum Gasteiger partial charge on any atom is 0.510 e. The van der Waals surface area contributed by atoms with Gasteiger partial charge in [0.05, 0.1) is 12.6 Å². The van der Waals surface area contributed by atoms with Gasteiger partial charge in [0, 0.05) is 12.5 Å². The molecule has 1 unspecified atom stereocenters. The van der Waals surface area contributed by atoms with Crippen LogP contribution >= 0.6 is 0 Å². The number of ketones is 1. The predicted molar refractivity (Wildman–Crippen MR) is 143 cm³/mol. The van der Waals surface area contributed by atoms with Crippen molar-refractivity contribution < 1.29 is 28.6 Å². The van der Waals surface area contributed by atoms with Gasteiger partial charge >= 0.3 is 12.1 Å². The molecule has 8 nitrogen and oxygen atoms in total. The molecule has 1 aromatic carbocycles. The highest BCUT2D eigenvalue weighted by molar-refractivity contribution is 5.93. The Labute approximate surface area is 226 Å². The highest BCUT2D eigenvalue weighted by atomic mass is 16.7. The molecule has 4 rings (SSSR count). The van der Waals surface area contributed by atoms with E-state index in [1.54, 1.807) is 13.8 Å². The Balaban J connectivity index is 1.66. The average Bonchev–Trinajstić information content (AvgIpc) is 3.55. The number of ether oxygens (including phenoxy) is 3. The molecule has 3 aliphatic rings. The molecule has 0 aromatic heterocycles. The highest BCUT2D eigenvalue weighted by Crippen LogP contribution is 2.49. The van der Waals surface area contributed by atoms with E-state index in [9.17, 15) is 14.4 Å². The van der Waals surface area contributed by atoms with Crippen LogP contribution in [0.25, 0.3) is 0 Å². The molecular formula is C30H44N2O6. The number of hydrogen-bond donors (Lipinski definition) is 1. The van der Waals surface area contributed by atoms with E-state index in [1.165, 1.54) is 12.8 Å². The highest BCUT2D eigenvalue weighted by Gasteiger charge is 2.62. The molecule has 8 heteroatoms. The third-order valence-electron chi connectivity index (χ3n) is 8.65. The lowest BCUT2D eigenvalue weighted by Gasteiger charge is -2.43. The Kier molecular flexibility index (Phi) is 9.82. The van der Waals surface area contributed by atoms with Gasteiger partial charge in [-0.15, -0.1) is 0 Å². The summed E-state index contributed by atoms with van der Waals surface area (Å²) in [5.41, 5.74) is 5.33. The standard InChI is InChI=1S/C30H44N2O6/c1-3-36-28(34)26(18-17-22-11-7-8-12-22)32-25-16-10-9-15-24(25)19-30(32,27(33)21(2)31)38-29(35)37-20-23-13-5-4-6-14-23/h4-6,13-14,21-22,24-26H,3,7-12,15-20,31H2,1-2H3/t21?,24-,25-,26-,30-/m0/s1. The second-order valence-electron chi connectivity index (χ2n) is 11.3. The predicted octanol–water partition coefficient (Wildman–Crippen LogP) is 5.12. The minimum Gasteiger partial charge on any atom is -0.465 e. The van der Waals surface area contributed by atoms with Gasteiger partial charge in [0.2, 0.25) is 11.5 Å². The minimum atomic E-state index is -1.66. The summed E-state index contributed by atoms with van der Waals surface area (Å²) < 4.78 is 17.1. The van der Waals surface area contributed by atoms with Crippen LogP contribution in [0.15, 0.2) is 30.3 Å². The fourth-order valence-electron chi connectivity index (χ4n) is 6.92. The summed E-state index contributed by atoms with van der Waals surface area (Å²) in [6, 6.07) is 7.69. The first kappa shape index (κ1) is 28.6. The van der Waals surface area contributed by atoms with Crippen LogP contribution in [0.2, 0.25) is 0 Å². The second kappa shape index (κ2) is 13.1. The molecule has 2 N–H and O–H groups in total. The molecule has 0 bridgehead atoms. The monoisotopic (exact) mass is 528 g/mol. The van der Waals surface area contributed by atoms with Crippen LogP contribution in [0, 0.1) is 11.8 Å². The Morgan fingerprint density at radius 2 is 1.71 bits per heavy atom. The van der Waals surface area contributed by atoms with Crippen molar-refractivity contribution in [3.63, 3.8) is 0 Å². The number of carbonyl (C=O) groups is 3. The molecule has 2 aliphatic carbocycles. The maximum atomic E-state index is 13.9. The van der Waals surface area contributed by atoms with E-state index >= 15 is 0 Å². The van der Waals surface area contributed by atoms with Gasteiger partial charge in [0.1, 0.15) is 12.6 Å². The van der Waals surface area contributed by atoms with Gasteiger partial charge < -0.3 is 19.9 Å². The van der Waals surface area contributed by atoms with Crippen LogP contribution in [0.3, 0.4) is 0 Å². The number of nitrogens with two attached hydrogens (primary N) is 1. The third kappa shape index (κ3) is 6.40. The molecule has 1 heterocycles.